The van der Waals surface area contributed by atoms with Crippen LogP contribution in [-0.4, -0.2) is 0 Å². The summed E-state index contributed by atoms with van der Waals surface area (Å²) in [4.78, 5) is 0. The Morgan fingerprint density at radius 3 is 3.30 bits per heavy atom. The molecular weight excluding hydrogens is 120 g/mol. The van der Waals surface area contributed by atoms with Crippen molar-refractivity contribution < 1.29 is 0 Å². The zero-order chi connectivity index (χ0) is 6.55. The van der Waals surface area contributed by atoms with Gasteiger partial charge in [0.1, 0.15) is 0 Å². The van der Waals surface area contributed by atoms with Crippen LogP contribution in [0, 0.1) is 5.92 Å². The minimum atomic E-state index is 0.884. The highest BCUT2D eigenvalue weighted by Crippen LogP contribution is 2.44. The molecule has 0 N–H and O–H groups in total. The molecule has 1 unspecified atom stereocenters. The van der Waals surface area contributed by atoms with E-state index in [0.717, 1.165) is 5.92 Å². The molecule has 0 aromatic rings. The molecule has 0 radical (unpaired) electrons. The number of allylic oxidation sites excluding steroid dienone is 6. The van der Waals surface area contributed by atoms with E-state index in [-0.39, 0.29) is 0 Å². The van der Waals surface area contributed by atoms with Gasteiger partial charge in [-0.2, -0.15) is 0 Å². The lowest BCUT2D eigenvalue weighted by Crippen LogP contribution is -2.02. The van der Waals surface area contributed by atoms with Crippen LogP contribution in [0.5, 0.6) is 0 Å². The summed E-state index contributed by atoms with van der Waals surface area (Å²) in [7, 11) is 0. The fourth-order valence-electron chi connectivity index (χ4n) is 2.26. The molecule has 3 rings (SSSR count). The van der Waals surface area contributed by atoms with Crippen LogP contribution in [0.1, 0.15) is 19.3 Å². The van der Waals surface area contributed by atoms with Crippen LogP contribution >= 0.6 is 0 Å². The first-order valence-electron chi connectivity index (χ1n) is 4.06. The van der Waals surface area contributed by atoms with E-state index in [1.807, 2.05) is 0 Å². The van der Waals surface area contributed by atoms with Crippen molar-refractivity contribution in [1.29, 1.82) is 0 Å². The number of fused-ring (bicyclic) bond motifs is 2. The number of hydrogen-bond acceptors (Lipinski definition) is 0. The first-order valence-corrected chi connectivity index (χ1v) is 4.06. The van der Waals surface area contributed by atoms with Crippen molar-refractivity contribution in [3.63, 3.8) is 0 Å². The fourth-order valence-corrected chi connectivity index (χ4v) is 2.26. The molecule has 0 amide bonds. The highest BCUT2D eigenvalue weighted by atomic mass is 14.3. The predicted molar refractivity (Wildman–Crippen MR) is 41.6 cm³/mol. The molecule has 1 atom stereocenters. The summed E-state index contributed by atoms with van der Waals surface area (Å²) in [6.07, 6.45) is 11.2. The number of hydrogen-bond donors (Lipinski definition) is 0. The van der Waals surface area contributed by atoms with Crippen molar-refractivity contribution in [2.45, 2.75) is 19.3 Å². The summed E-state index contributed by atoms with van der Waals surface area (Å²) in [6, 6.07) is 0. The lowest BCUT2D eigenvalue weighted by molar-refractivity contribution is 0.576. The van der Waals surface area contributed by atoms with Gasteiger partial charge in [0, 0.05) is 0 Å². The Bertz CT molecular complexity index is 276. The summed E-state index contributed by atoms with van der Waals surface area (Å²) in [5.41, 5.74) is 4.74. The largest absolute Gasteiger partial charge is 0.0764 e. The van der Waals surface area contributed by atoms with E-state index in [0.29, 0.717) is 0 Å². The molecule has 3 bridgehead atoms. The molecule has 0 saturated carbocycles. The second-order valence-corrected chi connectivity index (χ2v) is 3.44. The smallest absolute Gasteiger partial charge is 0.0124 e. The summed E-state index contributed by atoms with van der Waals surface area (Å²) in [5, 5.41) is 0. The molecule has 0 fully saturated rings. The van der Waals surface area contributed by atoms with Crippen molar-refractivity contribution in [1.82, 2.24) is 0 Å². The molecule has 3 aliphatic rings. The molecule has 0 saturated heterocycles. The Kier molecular flexibility index (Phi) is 0.715. The van der Waals surface area contributed by atoms with Crippen molar-refractivity contribution >= 4 is 0 Å². The zero-order valence-electron chi connectivity index (χ0n) is 5.93. The van der Waals surface area contributed by atoms with Crippen molar-refractivity contribution in [2.75, 3.05) is 0 Å². The SMILES string of the molecule is C1=C2C=C3C=C2CCC3C1. The Hall–Kier alpha value is -0.780. The second kappa shape index (κ2) is 1.45. The molecule has 0 heteroatoms. The summed E-state index contributed by atoms with van der Waals surface area (Å²) >= 11 is 0. The second-order valence-electron chi connectivity index (χ2n) is 3.44. The zero-order valence-corrected chi connectivity index (χ0v) is 5.93. The van der Waals surface area contributed by atoms with Crippen molar-refractivity contribution in [2.24, 2.45) is 5.92 Å². The monoisotopic (exact) mass is 130 g/mol. The van der Waals surface area contributed by atoms with Gasteiger partial charge >= 0.3 is 0 Å². The van der Waals surface area contributed by atoms with Gasteiger partial charge in [-0.05, 0) is 41.9 Å². The first-order chi connectivity index (χ1) is 4.93. The van der Waals surface area contributed by atoms with Crippen LogP contribution in [0.25, 0.3) is 0 Å². The van der Waals surface area contributed by atoms with E-state index in [9.17, 15) is 0 Å². The summed E-state index contributed by atoms with van der Waals surface area (Å²) in [5.74, 6) is 0.884. The third-order valence-corrected chi connectivity index (χ3v) is 2.89. The minimum absolute atomic E-state index is 0.884. The Balaban J connectivity index is 2.28. The summed E-state index contributed by atoms with van der Waals surface area (Å²) in [6.45, 7) is 0. The van der Waals surface area contributed by atoms with E-state index < -0.39 is 0 Å². The van der Waals surface area contributed by atoms with E-state index in [1.54, 1.807) is 11.1 Å². The average Bonchev–Trinajstić information content (AvgIpc) is 2.19. The normalized spacial score (nSPS) is 33.6. The van der Waals surface area contributed by atoms with E-state index in [4.69, 9.17) is 0 Å². The van der Waals surface area contributed by atoms with Crippen LogP contribution in [-0.2, 0) is 0 Å². The summed E-state index contributed by atoms with van der Waals surface area (Å²) < 4.78 is 0. The van der Waals surface area contributed by atoms with Gasteiger partial charge in [-0.15, -0.1) is 0 Å². The van der Waals surface area contributed by atoms with Gasteiger partial charge in [0.05, 0.1) is 0 Å². The van der Waals surface area contributed by atoms with Crippen LogP contribution < -0.4 is 0 Å². The maximum absolute atomic E-state index is 2.40. The maximum Gasteiger partial charge on any atom is -0.0124 e. The van der Waals surface area contributed by atoms with Gasteiger partial charge in [-0.1, -0.05) is 18.2 Å². The maximum atomic E-state index is 2.40. The molecule has 10 heavy (non-hydrogen) atoms. The Labute approximate surface area is 60.9 Å². The van der Waals surface area contributed by atoms with Gasteiger partial charge in [-0.3, -0.25) is 0 Å². The van der Waals surface area contributed by atoms with Gasteiger partial charge in [0.25, 0.3) is 0 Å². The lowest BCUT2D eigenvalue weighted by atomic mass is 9.88. The lowest BCUT2D eigenvalue weighted by Gasteiger charge is -2.16. The highest BCUT2D eigenvalue weighted by Gasteiger charge is 2.28. The van der Waals surface area contributed by atoms with Crippen LogP contribution in [0.3, 0.4) is 0 Å². The highest BCUT2D eigenvalue weighted by molar-refractivity contribution is 5.57. The molecule has 0 aromatic carbocycles. The molecule has 50 valence electrons. The van der Waals surface area contributed by atoms with E-state index >= 15 is 0 Å². The molecule has 0 aromatic heterocycles. The van der Waals surface area contributed by atoms with Crippen LogP contribution in [0.15, 0.2) is 34.9 Å². The molecule has 0 aliphatic heterocycles. The molecular formula is C10H10. The molecule has 0 nitrogen and oxygen atoms in total. The third-order valence-electron chi connectivity index (χ3n) is 2.89. The quantitative estimate of drug-likeness (QED) is 0.473. The predicted octanol–water partition coefficient (Wildman–Crippen LogP) is 2.59. The van der Waals surface area contributed by atoms with Crippen LogP contribution in [0.4, 0.5) is 0 Å². The van der Waals surface area contributed by atoms with Gasteiger partial charge in [-0.25, -0.2) is 0 Å². The van der Waals surface area contributed by atoms with Crippen molar-refractivity contribution in [3.8, 4) is 0 Å². The van der Waals surface area contributed by atoms with Crippen molar-refractivity contribution in [3.05, 3.63) is 34.9 Å². The van der Waals surface area contributed by atoms with Crippen LogP contribution in [0.2, 0.25) is 0 Å². The molecule has 0 heterocycles. The Morgan fingerprint density at radius 2 is 2.30 bits per heavy atom. The standard InChI is InChI=1S/C10H10/c1-3-8-5-10-6-9(8)4-2-7(1)10/h3,5-7H,1-2,4H2. The average molecular weight is 130 g/mol. The van der Waals surface area contributed by atoms with Gasteiger partial charge in [0.2, 0.25) is 0 Å². The minimum Gasteiger partial charge on any atom is -0.0764 e. The third kappa shape index (κ3) is 0.439. The topological polar surface area (TPSA) is 0 Å². The van der Waals surface area contributed by atoms with E-state index in [1.165, 1.54) is 24.8 Å². The molecule has 0 spiro atoms. The van der Waals surface area contributed by atoms with E-state index in [2.05, 4.69) is 18.2 Å². The van der Waals surface area contributed by atoms with Gasteiger partial charge in [0.15, 0.2) is 0 Å². The number of rotatable bonds is 0. The molecule has 3 aliphatic carbocycles. The first kappa shape index (κ1) is 4.95. The fraction of sp³-hybridized carbons (Fsp3) is 0.400. The van der Waals surface area contributed by atoms with Gasteiger partial charge < -0.3 is 0 Å². The Morgan fingerprint density at radius 1 is 1.30 bits per heavy atom.